The van der Waals surface area contributed by atoms with Gasteiger partial charge in [-0.15, -0.1) is 0 Å². The van der Waals surface area contributed by atoms with Crippen molar-refractivity contribution >= 4 is 22.6 Å². The minimum absolute atomic E-state index is 0.265. The molecule has 1 atom stereocenters. The second-order valence-electron chi connectivity index (χ2n) is 5.03. The van der Waals surface area contributed by atoms with Crippen LogP contribution in [0, 0.1) is 0 Å². The van der Waals surface area contributed by atoms with Gasteiger partial charge in [0.2, 0.25) is 0 Å². The molecule has 1 aromatic heterocycles. The quantitative estimate of drug-likeness (QED) is 0.716. The first-order valence-electron chi connectivity index (χ1n) is 6.78. The Bertz CT molecular complexity index is 706. The Kier molecular flexibility index (Phi) is 3.70. The van der Waals surface area contributed by atoms with Crippen LogP contribution in [-0.4, -0.2) is 15.0 Å². The Hall–Kier alpha value is -1.87. The van der Waals surface area contributed by atoms with E-state index in [-0.39, 0.29) is 6.04 Å². The maximum atomic E-state index is 5.97. The summed E-state index contributed by atoms with van der Waals surface area (Å²) in [6.07, 6.45) is 2.04. The van der Waals surface area contributed by atoms with Crippen LogP contribution in [-0.2, 0) is 6.42 Å². The molecule has 0 aliphatic heterocycles. The van der Waals surface area contributed by atoms with E-state index in [0.29, 0.717) is 5.02 Å². The summed E-state index contributed by atoms with van der Waals surface area (Å²) in [7, 11) is 0. The Morgan fingerprint density at radius 3 is 2.60 bits per heavy atom. The Morgan fingerprint density at radius 1 is 1.05 bits per heavy atom. The predicted molar refractivity (Wildman–Crippen MR) is 82.0 cm³/mol. The Morgan fingerprint density at radius 2 is 1.80 bits per heavy atom. The Balaban J connectivity index is 1.73. The van der Waals surface area contributed by atoms with E-state index in [1.165, 1.54) is 5.56 Å². The molecule has 0 N–H and O–H groups in total. The molecule has 0 spiro atoms. The summed E-state index contributed by atoms with van der Waals surface area (Å²) in [6.45, 7) is 2.14. The molecular formula is C16H16ClN3. The van der Waals surface area contributed by atoms with Crippen LogP contribution < -0.4 is 0 Å². The molecule has 2 aromatic carbocycles. The molecule has 0 bridgehead atoms. The number of aryl methyl sites for hydroxylation is 1. The molecule has 0 saturated carbocycles. The zero-order valence-corrected chi connectivity index (χ0v) is 12.1. The van der Waals surface area contributed by atoms with Crippen LogP contribution in [0.2, 0.25) is 5.02 Å². The van der Waals surface area contributed by atoms with Gasteiger partial charge < -0.3 is 0 Å². The molecule has 3 aromatic rings. The van der Waals surface area contributed by atoms with Gasteiger partial charge >= 0.3 is 0 Å². The minimum Gasteiger partial charge on any atom is -0.181 e. The number of fused-ring (bicyclic) bond motifs is 1. The molecule has 20 heavy (non-hydrogen) atoms. The second-order valence-corrected chi connectivity index (χ2v) is 5.46. The number of aromatic nitrogens is 3. The third-order valence-corrected chi connectivity index (χ3v) is 3.68. The molecular weight excluding hydrogens is 270 g/mol. The van der Waals surface area contributed by atoms with Crippen LogP contribution >= 0.6 is 11.6 Å². The van der Waals surface area contributed by atoms with Crippen molar-refractivity contribution in [3.8, 4) is 0 Å². The number of hydrogen-bond donors (Lipinski definition) is 0. The highest BCUT2D eigenvalue weighted by atomic mass is 35.5. The lowest BCUT2D eigenvalue weighted by molar-refractivity contribution is 0.414. The van der Waals surface area contributed by atoms with E-state index < -0.39 is 0 Å². The summed E-state index contributed by atoms with van der Waals surface area (Å²) in [5.41, 5.74) is 3.09. The molecule has 102 valence electrons. The fourth-order valence-corrected chi connectivity index (χ4v) is 2.40. The monoisotopic (exact) mass is 285 g/mol. The summed E-state index contributed by atoms with van der Waals surface area (Å²) in [4.78, 5) is 1.80. The molecule has 1 unspecified atom stereocenters. The maximum Gasteiger partial charge on any atom is 0.114 e. The van der Waals surface area contributed by atoms with Gasteiger partial charge in [0.15, 0.2) is 0 Å². The van der Waals surface area contributed by atoms with E-state index in [9.17, 15) is 0 Å². The van der Waals surface area contributed by atoms with Crippen LogP contribution in [0.15, 0.2) is 48.5 Å². The van der Waals surface area contributed by atoms with Crippen molar-refractivity contribution in [2.24, 2.45) is 0 Å². The summed E-state index contributed by atoms with van der Waals surface area (Å²) >= 11 is 5.97. The molecule has 0 aliphatic rings. The largest absolute Gasteiger partial charge is 0.181 e. The van der Waals surface area contributed by atoms with Crippen LogP contribution in [0.3, 0.4) is 0 Å². The van der Waals surface area contributed by atoms with Crippen molar-refractivity contribution in [2.75, 3.05) is 0 Å². The van der Waals surface area contributed by atoms with Crippen molar-refractivity contribution in [3.05, 3.63) is 59.1 Å². The smallest absolute Gasteiger partial charge is 0.114 e. The highest BCUT2D eigenvalue weighted by Gasteiger charge is 2.10. The predicted octanol–water partition coefficient (Wildman–Crippen LogP) is 4.28. The molecule has 0 amide bonds. The number of nitrogens with zero attached hydrogens (tertiary/aromatic N) is 3. The summed E-state index contributed by atoms with van der Waals surface area (Å²) in [5, 5.41) is 9.72. The maximum absolute atomic E-state index is 5.97. The van der Waals surface area contributed by atoms with Crippen molar-refractivity contribution in [1.82, 2.24) is 15.0 Å². The van der Waals surface area contributed by atoms with E-state index in [1.54, 1.807) is 4.80 Å². The first-order valence-corrected chi connectivity index (χ1v) is 7.16. The average Bonchev–Trinajstić information content (AvgIpc) is 2.89. The summed E-state index contributed by atoms with van der Waals surface area (Å²) < 4.78 is 0. The van der Waals surface area contributed by atoms with Gasteiger partial charge in [-0.3, -0.25) is 0 Å². The van der Waals surface area contributed by atoms with E-state index in [0.717, 1.165) is 23.9 Å². The van der Waals surface area contributed by atoms with Gasteiger partial charge in [0.05, 0.1) is 6.04 Å². The van der Waals surface area contributed by atoms with Gasteiger partial charge in [0.25, 0.3) is 0 Å². The number of halogens is 1. The fourth-order valence-electron chi connectivity index (χ4n) is 2.24. The van der Waals surface area contributed by atoms with E-state index >= 15 is 0 Å². The SMILES string of the molecule is CC(CCc1ccccc1)n1nc2ccc(Cl)cc2n1. The van der Waals surface area contributed by atoms with Gasteiger partial charge in [-0.2, -0.15) is 15.0 Å². The lowest BCUT2D eigenvalue weighted by Gasteiger charge is -2.10. The van der Waals surface area contributed by atoms with Crippen molar-refractivity contribution in [3.63, 3.8) is 0 Å². The topological polar surface area (TPSA) is 30.7 Å². The summed E-state index contributed by atoms with van der Waals surface area (Å²) in [5.74, 6) is 0. The fraction of sp³-hybridized carbons (Fsp3) is 0.250. The Labute approximate surface area is 123 Å². The molecule has 1 heterocycles. The van der Waals surface area contributed by atoms with Crippen molar-refractivity contribution in [1.29, 1.82) is 0 Å². The van der Waals surface area contributed by atoms with Gasteiger partial charge in [-0.05, 0) is 43.5 Å². The summed E-state index contributed by atoms with van der Waals surface area (Å²) in [6, 6.07) is 16.4. The lowest BCUT2D eigenvalue weighted by Crippen LogP contribution is -2.09. The molecule has 0 aliphatic carbocycles. The van der Waals surface area contributed by atoms with Gasteiger partial charge in [-0.1, -0.05) is 41.9 Å². The molecule has 3 rings (SSSR count). The van der Waals surface area contributed by atoms with Crippen molar-refractivity contribution < 1.29 is 0 Å². The average molecular weight is 286 g/mol. The molecule has 3 nitrogen and oxygen atoms in total. The third kappa shape index (κ3) is 2.83. The number of hydrogen-bond acceptors (Lipinski definition) is 2. The highest BCUT2D eigenvalue weighted by Crippen LogP contribution is 2.19. The first kappa shape index (κ1) is 13.1. The van der Waals surface area contributed by atoms with Gasteiger partial charge in [-0.25, -0.2) is 0 Å². The normalized spacial score (nSPS) is 12.7. The second kappa shape index (κ2) is 5.63. The zero-order valence-electron chi connectivity index (χ0n) is 11.3. The molecule has 0 radical (unpaired) electrons. The molecule has 0 saturated heterocycles. The number of benzene rings is 2. The first-order chi connectivity index (χ1) is 9.72. The van der Waals surface area contributed by atoms with Crippen LogP contribution in [0.1, 0.15) is 24.9 Å². The third-order valence-electron chi connectivity index (χ3n) is 3.45. The van der Waals surface area contributed by atoms with E-state index in [4.69, 9.17) is 11.6 Å². The number of rotatable bonds is 4. The van der Waals surface area contributed by atoms with Crippen LogP contribution in [0.5, 0.6) is 0 Å². The molecule has 0 fully saturated rings. The van der Waals surface area contributed by atoms with E-state index in [2.05, 4.69) is 41.4 Å². The molecule has 4 heteroatoms. The van der Waals surface area contributed by atoms with E-state index in [1.807, 2.05) is 24.3 Å². The van der Waals surface area contributed by atoms with Crippen LogP contribution in [0.4, 0.5) is 0 Å². The van der Waals surface area contributed by atoms with Gasteiger partial charge in [0.1, 0.15) is 11.0 Å². The standard InChI is InChI=1S/C16H16ClN3/c1-12(7-8-13-5-3-2-4-6-13)20-18-15-10-9-14(17)11-16(15)19-20/h2-6,9-12H,7-8H2,1H3. The minimum atomic E-state index is 0.265. The van der Waals surface area contributed by atoms with Crippen molar-refractivity contribution in [2.45, 2.75) is 25.8 Å². The highest BCUT2D eigenvalue weighted by molar-refractivity contribution is 6.31. The zero-order chi connectivity index (χ0) is 13.9. The van der Waals surface area contributed by atoms with Gasteiger partial charge in [0, 0.05) is 5.02 Å². The van der Waals surface area contributed by atoms with Crippen LogP contribution in [0.25, 0.3) is 11.0 Å². The lowest BCUT2D eigenvalue weighted by atomic mass is 10.1.